The SMILES string of the molecule is CC1CCC(NS(=O)(=O)CC(=O)N2CCCC(C3OCCO3)C2)CC1. The number of likely N-dealkylation sites (tertiary alicyclic amines) is 1. The standard InChI is InChI=1S/C17H30N2O5S/c1-13-4-6-15(7-5-13)18-25(21,22)12-16(20)19-8-2-3-14(11-19)17-23-9-10-24-17/h13-15,17-18H,2-12H2,1H3. The van der Waals surface area contributed by atoms with Crippen LogP contribution < -0.4 is 4.72 Å². The zero-order chi connectivity index (χ0) is 17.9. The summed E-state index contributed by atoms with van der Waals surface area (Å²) in [6.07, 6.45) is 5.34. The normalized spacial score (nSPS) is 32.0. The van der Waals surface area contributed by atoms with E-state index in [0.717, 1.165) is 38.5 Å². The highest BCUT2D eigenvalue weighted by atomic mass is 32.2. The monoisotopic (exact) mass is 374 g/mol. The number of nitrogens with one attached hydrogen (secondary N) is 1. The fraction of sp³-hybridized carbons (Fsp3) is 0.941. The highest BCUT2D eigenvalue weighted by molar-refractivity contribution is 7.90. The lowest BCUT2D eigenvalue weighted by atomic mass is 9.88. The molecule has 1 amide bonds. The average Bonchev–Trinajstić information content (AvgIpc) is 3.11. The molecule has 1 aliphatic carbocycles. The molecule has 1 N–H and O–H groups in total. The maximum absolute atomic E-state index is 12.5. The van der Waals surface area contributed by atoms with Gasteiger partial charge in [-0.3, -0.25) is 4.79 Å². The summed E-state index contributed by atoms with van der Waals surface area (Å²) < 4.78 is 38.5. The number of carbonyl (C=O) groups excluding carboxylic acids is 1. The summed E-state index contributed by atoms with van der Waals surface area (Å²) in [6.45, 7) is 4.50. The molecule has 8 heteroatoms. The maximum Gasteiger partial charge on any atom is 0.239 e. The van der Waals surface area contributed by atoms with E-state index < -0.39 is 15.8 Å². The Hall–Kier alpha value is -0.700. The van der Waals surface area contributed by atoms with Crippen LogP contribution in [0.4, 0.5) is 0 Å². The van der Waals surface area contributed by atoms with Crippen molar-refractivity contribution in [2.75, 3.05) is 32.1 Å². The van der Waals surface area contributed by atoms with E-state index in [0.29, 0.717) is 32.2 Å². The van der Waals surface area contributed by atoms with E-state index in [9.17, 15) is 13.2 Å². The Bertz CT molecular complexity index is 553. The number of piperidine rings is 1. The number of rotatable bonds is 5. The molecule has 1 saturated carbocycles. The van der Waals surface area contributed by atoms with Gasteiger partial charge in [-0.05, 0) is 44.4 Å². The van der Waals surface area contributed by atoms with Crippen LogP contribution in [0.25, 0.3) is 0 Å². The van der Waals surface area contributed by atoms with Crippen molar-refractivity contribution in [1.82, 2.24) is 9.62 Å². The zero-order valence-corrected chi connectivity index (χ0v) is 15.8. The lowest BCUT2D eigenvalue weighted by Crippen LogP contribution is -2.48. The van der Waals surface area contributed by atoms with Gasteiger partial charge in [0.1, 0.15) is 5.75 Å². The molecule has 0 aromatic heterocycles. The topological polar surface area (TPSA) is 84.9 Å². The van der Waals surface area contributed by atoms with Crippen molar-refractivity contribution in [3.63, 3.8) is 0 Å². The van der Waals surface area contributed by atoms with Crippen molar-refractivity contribution in [3.8, 4) is 0 Å². The Kier molecular flexibility index (Phi) is 6.35. The van der Waals surface area contributed by atoms with E-state index in [4.69, 9.17) is 9.47 Å². The lowest BCUT2D eigenvalue weighted by Gasteiger charge is -2.35. The van der Waals surface area contributed by atoms with Crippen LogP contribution in [0.3, 0.4) is 0 Å². The first-order valence-electron chi connectivity index (χ1n) is 9.44. The van der Waals surface area contributed by atoms with Crippen LogP contribution in [0.1, 0.15) is 45.4 Å². The molecule has 0 aromatic rings. The Labute approximate surface area is 150 Å². The molecule has 3 fully saturated rings. The van der Waals surface area contributed by atoms with Crippen LogP contribution in [-0.2, 0) is 24.3 Å². The van der Waals surface area contributed by atoms with Gasteiger partial charge in [0.2, 0.25) is 15.9 Å². The van der Waals surface area contributed by atoms with Crippen LogP contribution in [0.5, 0.6) is 0 Å². The summed E-state index contributed by atoms with van der Waals surface area (Å²) in [5.41, 5.74) is 0. The first kappa shape index (κ1) is 19.1. The highest BCUT2D eigenvalue weighted by Gasteiger charge is 2.34. The van der Waals surface area contributed by atoms with Gasteiger partial charge in [-0.25, -0.2) is 13.1 Å². The molecule has 1 atom stereocenters. The van der Waals surface area contributed by atoms with E-state index >= 15 is 0 Å². The average molecular weight is 375 g/mol. The fourth-order valence-corrected chi connectivity index (χ4v) is 5.37. The van der Waals surface area contributed by atoms with Crippen molar-refractivity contribution in [3.05, 3.63) is 0 Å². The second-order valence-electron chi connectivity index (χ2n) is 7.69. The van der Waals surface area contributed by atoms with E-state index in [1.807, 2.05) is 0 Å². The molecule has 0 radical (unpaired) electrons. The molecule has 7 nitrogen and oxygen atoms in total. The molecule has 3 rings (SSSR count). The Morgan fingerprint density at radius 3 is 2.48 bits per heavy atom. The van der Waals surface area contributed by atoms with Gasteiger partial charge < -0.3 is 14.4 Å². The second-order valence-corrected chi connectivity index (χ2v) is 9.44. The minimum absolute atomic E-state index is 0.0246. The Morgan fingerprint density at radius 1 is 1.12 bits per heavy atom. The first-order valence-corrected chi connectivity index (χ1v) is 11.1. The van der Waals surface area contributed by atoms with Gasteiger partial charge >= 0.3 is 0 Å². The quantitative estimate of drug-likeness (QED) is 0.779. The number of carbonyl (C=O) groups is 1. The van der Waals surface area contributed by atoms with Crippen LogP contribution >= 0.6 is 0 Å². The summed E-state index contributed by atoms with van der Waals surface area (Å²) >= 11 is 0. The van der Waals surface area contributed by atoms with Crippen molar-refractivity contribution >= 4 is 15.9 Å². The number of amides is 1. The van der Waals surface area contributed by atoms with E-state index in [1.54, 1.807) is 4.90 Å². The summed E-state index contributed by atoms with van der Waals surface area (Å²) in [7, 11) is -3.59. The van der Waals surface area contributed by atoms with Gasteiger partial charge in [0.05, 0.1) is 13.2 Å². The smallest absolute Gasteiger partial charge is 0.239 e. The van der Waals surface area contributed by atoms with Crippen LogP contribution in [0, 0.1) is 11.8 Å². The third kappa shape index (κ3) is 5.39. The first-order chi connectivity index (χ1) is 11.9. The van der Waals surface area contributed by atoms with Crippen molar-refractivity contribution in [2.45, 2.75) is 57.8 Å². The third-order valence-corrected chi connectivity index (χ3v) is 6.84. The second kappa shape index (κ2) is 8.33. The molecular formula is C17H30N2O5S. The van der Waals surface area contributed by atoms with Crippen LogP contribution in [0.2, 0.25) is 0 Å². The third-order valence-electron chi connectivity index (χ3n) is 5.52. The molecule has 1 unspecified atom stereocenters. The molecule has 25 heavy (non-hydrogen) atoms. The molecule has 2 heterocycles. The Morgan fingerprint density at radius 2 is 1.80 bits per heavy atom. The van der Waals surface area contributed by atoms with E-state index in [1.165, 1.54) is 0 Å². The minimum Gasteiger partial charge on any atom is -0.350 e. The summed E-state index contributed by atoms with van der Waals surface area (Å²) in [5.74, 6) is 0.0146. The van der Waals surface area contributed by atoms with Gasteiger partial charge in [0.15, 0.2) is 6.29 Å². The summed E-state index contributed by atoms with van der Waals surface area (Å²) in [4.78, 5) is 14.1. The molecule has 2 aliphatic heterocycles. The van der Waals surface area contributed by atoms with Crippen LogP contribution in [0.15, 0.2) is 0 Å². The molecule has 0 aromatic carbocycles. The van der Waals surface area contributed by atoms with Crippen molar-refractivity contribution in [2.24, 2.45) is 11.8 Å². The Balaban J connectivity index is 1.50. The number of sulfonamides is 1. The summed E-state index contributed by atoms with van der Waals surface area (Å²) in [5, 5.41) is 0. The lowest BCUT2D eigenvalue weighted by molar-refractivity contribution is -0.136. The van der Waals surface area contributed by atoms with Gasteiger partial charge in [0, 0.05) is 25.0 Å². The molecular weight excluding hydrogens is 344 g/mol. The van der Waals surface area contributed by atoms with E-state index in [-0.39, 0.29) is 24.2 Å². The molecule has 0 bridgehead atoms. The number of hydrogen-bond acceptors (Lipinski definition) is 5. The summed E-state index contributed by atoms with van der Waals surface area (Å²) in [6, 6.07) is -0.0246. The van der Waals surface area contributed by atoms with Gasteiger partial charge in [-0.1, -0.05) is 6.92 Å². The van der Waals surface area contributed by atoms with E-state index in [2.05, 4.69) is 11.6 Å². The molecule has 144 valence electrons. The van der Waals surface area contributed by atoms with Gasteiger partial charge in [0.25, 0.3) is 0 Å². The fourth-order valence-electron chi connectivity index (χ4n) is 4.03. The van der Waals surface area contributed by atoms with Crippen LogP contribution in [-0.4, -0.2) is 63.6 Å². The number of ether oxygens (including phenoxy) is 2. The predicted molar refractivity (Wildman–Crippen MR) is 93.3 cm³/mol. The predicted octanol–water partition coefficient (Wildman–Crippen LogP) is 1.10. The maximum atomic E-state index is 12.5. The highest BCUT2D eigenvalue weighted by Crippen LogP contribution is 2.26. The van der Waals surface area contributed by atoms with Crippen molar-refractivity contribution in [1.29, 1.82) is 0 Å². The molecule has 0 spiro atoms. The van der Waals surface area contributed by atoms with Gasteiger partial charge in [-0.15, -0.1) is 0 Å². The largest absolute Gasteiger partial charge is 0.350 e. The molecule has 3 aliphatic rings. The zero-order valence-electron chi connectivity index (χ0n) is 15.0. The van der Waals surface area contributed by atoms with Crippen molar-refractivity contribution < 1.29 is 22.7 Å². The number of nitrogens with zero attached hydrogens (tertiary/aromatic N) is 1. The minimum atomic E-state index is -3.59. The molecule has 2 saturated heterocycles. The number of hydrogen-bond donors (Lipinski definition) is 1. The van der Waals surface area contributed by atoms with Gasteiger partial charge in [-0.2, -0.15) is 0 Å².